The van der Waals surface area contributed by atoms with Crippen LogP contribution in [0.4, 0.5) is 0 Å². The van der Waals surface area contributed by atoms with Crippen molar-refractivity contribution in [3.63, 3.8) is 0 Å². The van der Waals surface area contributed by atoms with E-state index in [1.165, 1.54) is 64.2 Å². The number of piperidine rings is 1. The molecule has 6 nitrogen and oxygen atoms in total. The number of nitrogens with zero attached hydrogens (tertiary/aromatic N) is 2. The molecule has 188 valence electrons. The van der Waals surface area contributed by atoms with E-state index < -0.39 is 11.8 Å². The molecule has 0 bridgehead atoms. The third-order valence-corrected chi connectivity index (χ3v) is 8.49. The second-order valence-corrected chi connectivity index (χ2v) is 10.5. The van der Waals surface area contributed by atoms with Gasteiger partial charge in [-0.3, -0.25) is 19.5 Å². The van der Waals surface area contributed by atoms with E-state index in [9.17, 15) is 9.59 Å². The number of hydrogen-bond acceptors (Lipinski definition) is 4. The average Bonchev–Trinajstić information content (AvgIpc) is 2.78. The van der Waals surface area contributed by atoms with Crippen LogP contribution in [0.3, 0.4) is 0 Å². The molecule has 1 saturated heterocycles. The molecule has 32 heavy (non-hydrogen) atoms. The zero-order valence-corrected chi connectivity index (χ0v) is 21.9. The van der Waals surface area contributed by atoms with E-state index >= 15 is 0 Å². The number of nitrogens with two attached hydrogens (primary N) is 2. The maximum Gasteiger partial charge on any atom is 0.325 e. The molecule has 1 rings (SSSR count). The molecule has 0 saturated carbocycles. The molecule has 0 aliphatic carbocycles. The van der Waals surface area contributed by atoms with Crippen LogP contribution in [0.25, 0.3) is 0 Å². The number of carbonyl (C=O) groups is 2. The Labute approximate surface area is 197 Å². The SMILES string of the molecule is CCCCCCCCCCCCN1C(C)(CC)CC(N(N)C(=O)C(N)=O)C(C)C1(C)CC. The van der Waals surface area contributed by atoms with E-state index in [-0.39, 0.29) is 23.0 Å². The number of rotatable bonds is 14. The summed E-state index contributed by atoms with van der Waals surface area (Å²) in [6.45, 7) is 14.5. The Morgan fingerprint density at radius 2 is 1.41 bits per heavy atom. The van der Waals surface area contributed by atoms with Gasteiger partial charge in [0, 0.05) is 11.1 Å². The van der Waals surface area contributed by atoms with E-state index in [0.29, 0.717) is 0 Å². The summed E-state index contributed by atoms with van der Waals surface area (Å²) < 4.78 is 0. The van der Waals surface area contributed by atoms with Gasteiger partial charge in [0.05, 0.1) is 6.04 Å². The fraction of sp³-hybridized carbons (Fsp3) is 0.923. The molecule has 6 heteroatoms. The normalized spacial score (nSPS) is 28.6. The average molecular weight is 453 g/mol. The third kappa shape index (κ3) is 7.18. The third-order valence-electron chi connectivity index (χ3n) is 8.49. The van der Waals surface area contributed by atoms with Gasteiger partial charge in [0.2, 0.25) is 0 Å². The first kappa shape index (κ1) is 28.9. The molecule has 0 aromatic rings. The number of likely N-dealkylation sites (tertiary alicyclic amines) is 1. The van der Waals surface area contributed by atoms with Crippen molar-refractivity contribution in [3.8, 4) is 0 Å². The maximum absolute atomic E-state index is 12.3. The minimum atomic E-state index is -0.983. The van der Waals surface area contributed by atoms with Crippen LogP contribution in [0, 0.1) is 5.92 Å². The molecule has 0 aromatic carbocycles. The van der Waals surface area contributed by atoms with E-state index in [0.717, 1.165) is 30.8 Å². The zero-order valence-electron chi connectivity index (χ0n) is 21.9. The first-order chi connectivity index (χ1) is 15.1. The molecule has 1 heterocycles. The van der Waals surface area contributed by atoms with Gasteiger partial charge in [-0.05, 0) is 52.0 Å². The lowest BCUT2D eigenvalue weighted by atomic mass is 9.66. The van der Waals surface area contributed by atoms with Gasteiger partial charge in [0.25, 0.3) is 0 Å². The lowest BCUT2D eigenvalue weighted by Crippen LogP contribution is -2.71. The zero-order chi connectivity index (χ0) is 24.4. The number of hydrazine groups is 1. The van der Waals surface area contributed by atoms with Gasteiger partial charge >= 0.3 is 11.8 Å². The Morgan fingerprint density at radius 1 is 0.906 bits per heavy atom. The highest BCUT2D eigenvalue weighted by molar-refractivity contribution is 6.34. The topological polar surface area (TPSA) is 92.7 Å². The lowest BCUT2D eigenvalue weighted by Gasteiger charge is -2.62. The van der Waals surface area contributed by atoms with Crippen LogP contribution in [0.5, 0.6) is 0 Å². The molecule has 1 aliphatic rings. The molecule has 0 spiro atoms. The van der Waals surface area contributed by atoms with Crippen molar-refractivity contribution < 1.29 is 9.59 Å². The molecule has 2 amide bonds. The number of primary amides is 1. The van der Waals surface area contributed by atoms with Crippen molar-refractivity contribution in [2.75, 3.05) is 6.54 Å². The summed E-state index contributed by atoms with van der Waals surface area (Å²) in [5, 5.41) is 1.12. The Bertz CT molecular complexity index is 584. The van der Waals surface area contributed by atoms with Crippen molar-refractivity contribution in [2.24, 2.45) is 17.5 Å². The van der Waals surface area contributed by atoms with E-state index in [1.807, 2.05) is 0 Å². The molecule has 0 radical (unpaired) electrons. The summed E-state index contributed by atoms with van der Waals surface area (Å²) in [5.74, 6) is 4.52. The second-order valence-electron chi connectivity index (χ2n) is 10.5. The smallest absolute Gasteiger partial charge is 0.325 e. The predicted octanol–water partition coefficient (Wildman–Crippen LogP) is 5.14. The molecular formula is C26H52N4O2. The van der Waals surface area contributed by atoms with Crippen LogP contribution >= 0.6 is 0 Å². The first-order valence-electron chi connectivity index (χ1n) is 13.2. The number of carbonyl (C=O) groups excluding carboxylic acids is 2. The van der Waals surface area contributed by atoms with Crippen molar-refractivity contribution in [2.45, 2.75) is 142 Å². The molecule has 1 aliphatic heterocycles. The fourth-order valence-corrected chi connectivity index (χ4v) is 5.76. The summed E-state index contributed by atoms with van der Waals surface area (Å²) in [5.41, 5.74) is 5.07. The van der Waals surface area contributed by atoms with Gasteiger partial charge in [-0.1, -0.05) is 85.5 Å². The molecular weight excluding hydrogens is 400 g/mol. The Kier molecular flexibility index (Phi) is 12.2. The minimum absolute atomic E-state index is 0.0727. The quantitative estimate of drug-likeness (QED) is 0.125. The highest BCUT2D eigenvalue weighted by Gasteiger charge is 2.54. The number of hydrogen-bond donors (Lipinski definition) is 2. The van der Waals surface area contributed by atoms with Gasteiger partial charge in [0.1, 0.15) is 0 Å². The van der Waals surface area contributed by atoms with Gasteiger partial charge in [-0.2, -0.15) is 0 Å². The van der Waals surface area contributed by atoms with Crippen LogP contribution in [0.15, 0.2) is 0 Å². The Balaban J connectivity index is 2.72. The highest BCUT2D eigenvalue weighted by Crippen LogP contribution is 2.46. The summed E-state index contributed by atoms with van der Waals surface area (Å²) in [4.78, 5) is 26.4. The molecule has 0 aromatic heterocycles. The molecule has 1 fully saturated rings. The van der Waals surface area contributed by atoms with E-state index in [4.69, 9.17) is 11.6 Å². The highest BCUT2D eigenvalue weighted by atomic mass is 16.2. The van der Waals surface area contributed by atoms with Crippen molar-refractivity contribution in [1.29, 1.82) is 0 Å². The largest absolute Gasteiger partial charge is 0.361 e. The van der Waals surface area contributed by atoms with Crippen LogP contribution in [0.2, 0.25) is 0 Å². The summed E-state index contributed by atoms with van der Waals surface area (Å²) in [6, 6.07) is -0.200. The Hall–Kier alpha value is -1.14. The number of unbranched alkanes of at least 4 members (excludes halogenated alkanes) is 9. The monoisotopic (exact) mass is 452 g/mol. The van der Waals surface area contributed by atoms with Crippen LogP contribution < -0.4 is 11.6 Å². The van der Waals surface area contributed by atoms with Gasteiger partial charge < -0.3 is 5.73 Å². The molecule has 4 N–H and O–H groups in total. The predicted molar refractivity (Wildman–Crippen MR) is 134 cm³/mol. The molecule has 4 unspecified atom stereocenters. The van der Waals surface area contributed by atoms with Crippen molar-refractivity contribution in [3.05, 3.63) is 0 Å². The Morgan fingerprint density at radius 3 is 1.84 bits per heavy atom. The summed E-state index contributed by atoms with van der Waals surface area (Å²) >= 11 is 0. The van der Waals surface area contributed by atoms with Gasteiger partial charge in [-0.15, -0.1) is 0 Å². The standard InChI is InChI=1S/C26H52N4O2/c1-7-10-11-12-13-14-15-16-17-18-19-29-25(5,8-2)20-22(21(4)26(29,6)9-3)30(28)24(32)23(27)31/h21-22H,7-20,28H2,1-6H3,(H2,27,31). The maximum atomic E-state index is 12.3. The lowest BCUT2D eigenvalue weighted by molar-refractivity contribution is -0.157. The fourth-order valence-electron chi connectivity index (χ4n) is 5.76. The molecule has 4 atom stereocenters. The summed E-state index contributed by atoms with van der Waals surface area (Å²) in [6.07, 6.45) is 16.0. The van der Waals surface area contributed by atoms with Gasteiger partial charge in [-0.25, -0.2) is 5.84 Å². The minimum Gasteiger partial charge on any atom is -0.361 e. The van der Waals surface area contributed by atoms with E-state index in [2.05, 4.69) is 46.4 Å². The van der Waals surface area contributed by atoms with E-state index in [1.54, 1.807) is 0 Å². The van der Waals surface area contributed by atoms with Crippen LogP contribution in [0.1, 0.15) is 125 Å². The van der Waals surface area contributed by atoms with Crippen LogP contribution in [-0.2, 0) is 9.59 Å². The second kappa shape index (κ2) is 13.5. The summed E-state index contributed by atoms with van der Waals surface area (Å²) in [7, 11) is 0. The first-order valence-corrected chi connectivity index (χ1v) is 13.2. The van der Waals surface area contributed by atoms with Crippen LogP contribution in [-0.4, -0.2) is 45.4 Å². The van der Waals surface area contributed by atoms with Crippen molar-refractivity contribution in [1.82, 2.24) is 9.91 Å². The number of amides is 2. The van der Waals surface area contributed by atoms with Crippen molar-refractivity contribution >= 4 is 11.8 Å². The van der Waals surface area contributed by atoms with Gasteiger partial charge in [0.15, 0.2) is 0 Å².